The molecule has 5 nitrogen and oxygen atoms in total. The fourth-order valence-electron chi connectivity index (χ4n) is 2.80. The van der Waals surface area contributed by atoms with E-state index < -0.39 is 0 Å². The van der Waals surface area contributed by atoms with E-state index in [4.69, 9.17) is 0 Å². The Labute approximate surface area is 156 Å². The van der Waals surface area contributed by atoms with Crippen molar-refractivity contribution in [3.63, 3.8) is 0 Å². The third-order valence-electron chi connectivity index (χ3n) is 4.14. The van der Waals surface area contributed by atoms with Gasteiger partial charge in [-0.1, -0.05) is 58.7 Å². The number of benzene rings is 1. The molecule has 0 aliphatic heterocycles. The number of aryl methyl sites for hydroxylation is 1. The van der Waals surface area contributed by atoms with Gasteiger partial charge in [-0.15, -0.1) is 0 Å². The SMILES string of the molecule is CCCCCNc1cc(C(=O)Nc2ccccc2C(C)(C)C)nc(C)n1. The van der Waals surface area contributed by atoms with Gasteiger partial charge in [-0.05, 0) is 30.4 Å². The minimum absolute atomic E-state index is 0.0581. The Morgan fingerprint density at radius 1 is 1.12 bits per heavy atom. The summed E-state index contributed by atoms with van der Waals surface area (Å²) < 4.78 is 0. The molecule has 0 unspecified atom stereocenters. The first-order valence-electron chi connectivity index (χ1n) is 9.31. The number of carbonyl (C=O) groups excluding carboxylic acids is 1. The van der Waals surface area contributed by atoms with Crippen LogP contribution in [0.1, 0.15) is 68.8 Å². The van der Waals surface area contributed by atoms with Crippen molar-refractivity contribution >= 4 is 17.4 Å². The summed E-state index contributed by atoms with van der Waals surface area (Å²) >= 11 is 0. The van der Waals surface area contributed by atoms with Crippen LogP contribution in [0.2, 0.25) is 0 Å². The Hall–Kier alpha value is -2.43. The number of para-hydroxylation sites is 1. The first-order valence-corrected chi connectivity index (χ1v) is 9.31. The van der Waals surface area contributed by atoms with Crippen LogP contribution in [-0.2, 0) is 5.41 Å². The summed E-state index contributed by atoms with van der Waals surface area (Å²) in [5.41, 5.74) is 2.23. The average Bonchev–Trinajstić information content (AvgIpc) is 2.58. The average molecular weight is 354 g/mol. The number of nitrogens with one attached hydrogen (secondary N) is 2. The number of amides is 1. The Balaban J connectivity index is 2.16. The zero-order valence-corrected chi connectivity index (χ0v) is 16.5. The highest BCUT2D eigenvalue weighted by atomic mass is 16.1. The predicted molar refractivity (Wildman–Crippen MR) is 108 cm³/mol. The molecule has 0 spiro atoms. The van der Waals surface area contributed by atoms with E-state index in [9.17, 15) is 4.79 Å². The molecule has 1 amide bonds. The molecule has 0 aliphatic rings. The second-order valence-corrected chi connectivity index (χ2v) is 7.57. The summed E-state index contributed by atoms with van der Waals surface area (Å²) in [5, 5.41) is 6.29. The van der Waals surface area contributed by atoms with E-state index in [1.54, 1.807) is 13.0 Å². The molecule has 1 heterocycles. The lowest BCUT2D eigenvalue weighted by Gasteiger charge is -2.23. The molecule has 26 heavy (non-hydrogen) atoms. The molecule has 2 aromatic rings. The van der Waals surface area contributed by atoms with E-state index in [2.05, 4.69) is 48.3 Å². The van der Waals surface area contributed by atoms with E-state index in [0.29, 0.717) is 17.3 Å². The van der Waals surface area contributed by atoms with E-state index in [0.717, 1.165) is 24.2 Å². The molecule has 0 saturated carbocycles. The number of aromatic nitrogens is 2. The van der Waals surface area contributed by atoms with Gasteiger partial charge in [0, 0.05) is 18.3 Å². The number of rotatable bonds is 7. The van der Waals surface area contributed by atoms with Gasteiger partial charge in [0.25, 0.3) is 5.91 Å². The van der Waals surface area contributed by atoms with Gasteiger partial charge in [0.2, 0.25) is 0 Å². The summed E-state index contributed by atoms with van der Waals surface area (Å²) in [6, 6.07) is 9.60. The molecule has 0 radical (unpaired) electrons. The summed E-state index contributed by atoms with van der Waals surface area (Å²) in [6.07, 6.45) is 3.43. The van der Waals surface area contributed by atoms with Crippen molar-refractivity contribution in [2.75, 3.05) is 17.2 Å². The standard InChI is InChI=1S/C21H30N4O/c1-6-7-10-13-22-19-14-18(23-15(2)24-19)20(26)25-17-12-9-8-11-16(17)21(3,4)5/h8-9,11-12,14H,6-7,10,13H2,1-5H3,(H,25,26)(H,22,23,24). The molecule has 0 saturated heterocycles. The van der Waals surface area contributed by atoms with Gasteiger partial charge in [-0.2, -0.15) is 0 Å². The van der Waals surface area contributed by atoms with E-state index >= 15 is 0 Å². The molecule has 0 bridgehead atoms. The minimum atomic E-state index is -0.219. The fourth-order valence-corrected chi connectivity index (χ4v) is 2.80. The van der Waals surface area contributed by atoms with Crippen molar-refractivity contribution in [3.05, 3.63) is 47.4 Å². The Morgan fingerprint density at radius 2 is 1.85 bits per heavy atom. The zero-order chi connectivity index (χ0) is 19.2. The third kappa shape index (κ3) is 5.55. The summed E-state index contributed by atoms with van der Waals surface area (Å²) in [6.45, 7) is 11.2. The molecule has 0 aliphatic carbocycles. The maximum atomic E-state index is 12.7. The molecule has 2 N–H and O–H groups in total. The number of carbonyl (C=O) groups is 1. The van der Waals surface area contributed by atoms with Crippen molar-refractivity contribution in [1.82, 2.24) is 9.97 Å². The summed E-state index contributed by atoms with van der Waals surface area (Å²) in [4.78, 5) is 21.4. The molecule has 1 aromatic carbocycles. The number of hydrogen-bond donors (Lipinski definition) is 2. The van der Waals surface area contributed by atoms with Gasteiger partial charge >= 0.3 is 0 Å². The molecule has 0 atom stereocenters. The van der Waals surface area contributed by atoms with E-state index in [1.807, 2.05) is 24.3 Å². The first kappa shape index (κ1) is 19.9. The normalized spacial score (nSPS) is 11.3. The van der Waals surface area contributed by atoms with Crippen LogP contribution >= 0.6 is 0 Å². The van der Waals surface area contributed by atoms with Crippen LogP contribution in [-0.4, -0.2) is 22.4 Å². The highest BCUT2D eigenvalue weighted by molar-refractivity contribution is 6.03. The largest absolute Gasteiger partial charge is 0.370 e. The second kappa shape index (κ2) is 8.79. The predicted octanol–water partition coefficient (Wildman–Crippen LogP) is 4.94. The van der Waals surface area contributed by atoms with Crippen molar-refractivity contribution in [2.24, 2.45) is 0 Å². The molecule has 0 fully saturated rings. The lowest BCUT2D eigenvalue weighted by Crippen LogP contribution is -2.20. The van der Waals surface area contributed by atoms with Crippen LogP contribution in [0.3, 0.4) is 0 Å². The van der Waals surface area contributed by atoms with Crippen LogP contribution in [0.15, 0.2) is 30.3 Å². The van der Waals surface area contributed by atoms with Crippen LogP contribution < -0.4 is 10.6 Å². The molecular weight excluding hydrogens is 324 g/mol. The maximum absolute atomic E-state index is 12.7. The lowest BCUT2D eigenvalue weighted by atomic mass is 9.86. The van der Waals surface area contributed by atoms with Crippen LogP contribution in [0, 0.1) is 6.92 Å². The van der Waals surface area contributed by atoms with Crippen molar-refractivity contribution < 1.29 is 4.79 Å². The quantitative estimate of drug-likeness (QED) is 0.691. The fraction of sp³-hybridized carbons (Fsp3) is 0.476. The van der Waals surface area contributed by atoms with Gasteiger partial charge in [0.05, 0.1) is 0 Å². The zero-order valence-electron chi connectivity index (χ0n) is 16.5. The number of unbranched alkanes of at least 4 members (excludes halogenated alkanes) is 2. The van der Waals surface area contributed by atoms with Crippen molar-refractivity contribution in [2.45, 2.75) is 59.3 Å². The smallest absolute Gasteiger partial charge is 0.274 e. The monoisotopic (exact) mass is 354 g/mol. The van der Waals surface area contributed by atoms with Crippen LogP contribution in [0.4, 0.5) is 11.5 Å². The molecule has 2 rings (SSSR count). The van der Waals surface area contributed by atoms with E-state index in [-0.39, 0.29) is 11.3 Å². The molecule has 1 aromatic heterocycles. The maximum Gasteiger partial charge on any atom is 0.274 e. The van der Waals surface area contributed by atoms with Crippen molar-refractivity contribution in [1.29, 1.82) is 0 Å². The Morgan fingerprint density at radius 3 is 2.54 bits per heavy atom. The Bertz CT molecular complexity index is 750. The van der Waals surface area contributed by atoms with Gasteiger partial charge in [-0.25, -0.2) is 9.97 Å². The second-order valence-electron chi connectivity index (χ2n) is 7.57. The molecular formula is C21H30N4O. The molecule has 140 valence electrons. The summed E-state index contributed by atoms with van der Waals surface area (Å²) in [7, 11) is 0. The first-order chi connectivity index (χ1) is 12.3. The number of hydrogen-bond acceptors (Lipinski definition) is 4. The lowest BCUT2D eigenvalue weighted by molar-refractivity contribution is 0.102. The van der Waals surface area contributed by atoms with Crippen molar-refractivity contribution in [3.8, 4) is 0 Å². The van der Waals surface area contributed by atoms with Gasteiger partial charge in [0.15, 0.2) is 0 Å². The van der Waals surface area contributed by atoms with E-state index in [1.165, 1.54) is 12.8 Å². The highest BCUT2D eigenvalue weighted by Crippen LogP contribution is 2.29. The van der Waals surface area contributed by atoms with Crippen LogP contribution in [0.25, 0.3) is 0 Å². The van der Waals surface area contributed by atoms with Gasteiger partial charge < -0.3 is 10.6 Å². The van der Waals surface area contributed by atoms with Gasteiger partial charge in [-0.3, -0.25) is 4.79 Å². The topological polar surface area (TPSA) is 66.9 Å². The minimum Gasteiger partial charge on any atom is -0.370 e. The number of anilines is 2. The molecule has 5 heteroatoms. The number of nitrogens with zero attached hydrogens (tertiary/aromatic N) is 2. The van der Waals surface area contributed by atoms with Gasteiger partial charge in [0.1, 0.15) is 17.3 Å². The Kier molecular flexibility index (Phi) is 6.72. The highest BCUT2D eigenvalue weighted by Gasteiger charge is 2.19. The third-order valence-corrected chi connectivity index (χ3v) is 4.14. The summed E-state index contributed by atoms with van der Waals surface area (Å²) in [5.74, 6) is 1.06. The van der Waals surface area contributed by atoms with Crippen LogP contribution in [0.5, 0.6) is 0 Å².